The largest absolute Gasteiger partial charge is 0.336 e. The highest BCUT2D eigenvalue weighted by Gasteiger charge is 2.29. The van der Waals surface area contributed by atoms with Crippen LogP contribution in [0.2, 0.25) is 0 Å². The predicted molar refractivity (Wildman–Crippen MR) is 93.0 cm³/mol. The van der Waals surface area contributed by atoms with Gasteiger partial charge < -0.3 is 4.90 Å². The highest BCUT2D eigenvalue weighted by Crippen LogP contribution is 2.19. The number of amides is 1. The zero-order valence-corrected chi connectivity index (χ0v) is 13.8. The standard InChI is InChI=1S/C18H19N5O2/c24-17(23-10-3-5-14(23)11-22-9-4-8-20-22)12-21-13-19-16-7-2-1-6-15(16)18(21)25/h1-2,4,6-9,13-14H,3,5,10-12H2/t14-/m1/s1. The normalized spacial score (nSPS) is 17.3. The van der Waals surface area contributed by atoms with Gasteiger partial charge in [0.05, 0.1) is 29.8 Å². The van der Waals surface area contributed by atoms with Crippen molar-refractivity contribution in [2.75, 3.05) is 6.54 Å². The molecule has 7 nitrogen and oxygen atoms in total. The fourth-order valence-electron chi connectivity index (χ4n) is 3.43. The van der Waals surface area contributed by atoms with Crippen molar-refractivity contribution in [2.45, 2.75) is 32.0 Å². The summed E-state index contributed by atoms with van der Waals surface area (Å²) in [5.74, 6) is -0.0474. The van der Waals surface area contributed by atoms with Gasteiger partial charge in [-0.1, -0.05) is 12.1 Å². The predicted octanol–water partition coefficient (Wildman–Crippen LogP) is 1.28. The molecule has 1 aliphatic heterocycles. The molecule has 1 amide bonds. The minimum atomic E-state index is -0.179. The van der Waals surface area contributed by atoms with Gasteiger partial charge in [0.2, 0.25) is 5.91 Å². The van der Waals surface area contributed by atoms with E-state index in [0.717, 1.165) is 19.4 Å². The second kappa shape index (κ2) is 6.51. The molecule has 0 spiro atoms. The molecule has 0 aliphatic carbocycles. The van der Waals surface area contributed by atoms with E-state index in [1.165, 1.54) is 10.9 Å². The number of para-hydroxylation sites is 1. The van der Waals surface area contributed by atoms with Gasteiger partial charge in [-0.15, -0.1) is 0 Å². The van der Waals surface area contributed by atoms with Crippen molar-refractivity contribution in [2.24, 2.45) is 0 Å². The summed E-state index contributed by atoms with van der Waals surface area (Å²) in [7, 11) is 0. The van der Waals surface area contributed by atoms with Crippen molar-refractivity contribution in [3.05, 3.63) is 59.4 Å². The Kier molecular flexibility index (Phi) is 4.05. The van der Waals surface area contributed by atoms with Crippen LogP contribution < -0.4 is 5.56 Å². The Labute approximate surface area is 144 Å². The first kappa shape index (κ1) is 15.6. The zero-order valence-electron chi connectivity index (χ0n) is 13.8. The van der Waals surface area contributed by atoms with E-state index in [4.69, 9.17) is 0 Å². The van der Waals surface area contributed by atoms with Gasteiger partial charge in [-0.2, -0.15) is 5.10 Å². The molecule has 4 rings (SSSR count). The fourth-order valence-corrected chi connectivity index (χ4v) is 3.43. The van der Waals surface area contributed by atoms with E-state index >= 15 is 0 Å². The molecule has 1 saturated heterocycles. The number of nitrogens with zero attached hydrogens (tertiary/aromatic N) is 5. The summed E-state index contributed by atoms with van der Waals surface area (Å²) in [6.07, 6.45) is 7.03. The highest BCUT2D eigenvalue weighted by molar-refractivity contribution is 5.79. The van der Waals surface area contributed by atoms with Crippen molar-refractivity contribution in [3.63, 3.8) is 0 Å². The van der Waals surface area contributed by atoms with Gasteiger partial charge in [-0.25, -0.2) is 4.98 Å². The lowest BCUT2D eigenvalue weighted by Crippen LogP contribution is -2.41. The molecular weight excluding hydrogens is 318 g/mol. The Morgan fingerprint density at radius 3 is 2.96 bits per heavy atom. The van der Waals surface area contributed by atoms with E-state index in [9.17, 15) is 9.59 Å². The Morgan fingerprint density at radius 1 is 1.24 bits per heavy atom. The molecule has 25 heavy (non-hydrogen) atoms. The quantitative estimate of drug-likeness (QED) is 0.719. The third kappa shape index (κ3) is 3.05. The molecule has 1 aromatic carbocycles. The van der Waals surface area contributed by atoms with E-state index in [-0.39, 0.29) is 24.1 Å². The van der Waals surface area contributed by atoms with Crippen LogP contribution in [0.4, 0.5) is 0 Å². The number of aromatic nitrogens is 4. The topological polar surface area (TPSA) is 73.0 Å². The molecule has 1 atom stereocenters. The Balaban J connectivity index is 1.53. The Hall–Kier alpha value is -2.96. The average molecular weight is 337 g/mol. The molecule has 1 aliphatic rings. The van der Waals surface area contributed by atoms with Crippen molar-refractivity contribution >= 4 is 16.8 Å². The number of likely N-dealkylation sites (tertiary alicyclic amines) is 1. The lowest BCUT2D eigenvalue weighted by Gasteiger charge is -2.25. The van der Waals surface area contributed by atoms with Gasteiger partial charge in [0.25, 0.3) is 5.56 Å². The van der Waals surface area contributed by atoms with E-state index in [0.29, 0.717) is 17.4 Å². The summed E-state index contributed by atoms with van der Waals surface area (Å²) in [5.41, 5.74) is 0.468. The van der Waals surface area contributed by atoms with Gasteiger partial charge in [0, 0.05) is 18.9 Å². The molecule has 0 unspecified atom stereocenters. The first-order chi connectivity index (χ1) is 12.2. The highest BCUT2D eigenvalue weighted by atomic mass is 16.2. The minimum Gasteiger partial charge on any atom is -0.336 e. The number of carbonyl (C=O) groups excluding carboxylic acids is 1. The maximum Gasteiger partial charge on any atom is 0.261 e. The van der Waals surface area contributed by atoms with Gasteiger partial charge in [-0.05, 0) is 31.0 Å². The lowest BCUT2D eigenvalue weighted by molar-refractivity contribution is -0.133. The Morgan fingerprint density at radius 2 is 2.12 bits per heavy atom. The summed E-state index contributed by atoms with van der Waals surface area (Å²) in [6, 6.07) is 9.18. The molecule has 0 saturated carbocycles. The fraction of sp³-hybridized carbons (Fsp3) is 0.333. The molecule has 2 aromatic heterocycles. The van der Waals surface area contributed by atoms with Gasteiger partial charge in [-0.3, -0.25) is 18.8 Å². The number of fused-ring (bicyclic) bond motifs is 1. The number of hydrogen-bond acceptors (Lipinski definition) is 4. The van der Waals surface area contributed by atoms with Gasteiger partial charge in [0.1, 0.15) is 6.54 Å². The summed E-state index contributed by atoms with van der Waals surface area (Å²) in [4.78, 5) is 31.4. The van der Waals surface area contributed by atoms with Crippen LogP contribution in [-0.2, 0) is 17.9 Å². The van der Waals surface area contributed by atoms with E-state index in [2.05, 4.69) is 10.1 Å². The van der Waals surface area contributed by atoms with E-state index in [1.807, 2.05) is 27.9 Å². The lowest BCUT2D eigenvalue weighted by atomic mass is 10.2. The summed E-state index contributed by atoms with van der Waals surface area (Å²) in [6.45, 7) is 1.43. The van der Waals surface area contributed by atoms with Crippen molar-refractivity contribution in [1.29, 1.82) is 0 Å². The van der Waals surface area contributed by atoms with Gasteiger partial charge >= 0.3 is 0 Å². The van der Waals surface area contributed by atoms with E-state index < -0.39 is 0 Å². The first-order valence-electron chi connectivity index (χ1n) is 8.43. The summed E-state index contributed by atoms with van der Waals surface area (Å²) in [5, 5.41) is 4.75. The molecule has 0 radical (unpaired) electrons. The van der Waals surface area contributed by atoms with Crippen LogP contribution >= 0.6 is 0 Å². The van der Waals surface area contributed by atoms with Crippen molar-refractivity contribution in [3.8, 4) is 0 Å². The second-order valence-electron chi connectivity index (χ2n) is 6.31. The monoisotopic (exact) mass is 337 g/mol. The maximum absolute atomic E-state index is 12.8. The molecule has 0 bridgehead atoms. The Bertz CT molecular complexity index is 948. The molecular formula is C18H19N5O2. The third-order valence-corrected chi connectivity index (χ3v) is 4.69. The molecule has 7 heteroatoms. The average Bonchev–Trinajstić information content (AvgIpc) is 3.30. The van der Waals surface area contributed by atoms with E-state index in [1.54, 1.807) is 24.4 Å². The number of benzene rings is 1. The maximum atomic E-state index is 12.8. The zero-order chi connectivity index (χ0) is 17.2. The smallest absolute Gasteiger partial charge is 0.261 e. The van der Waals surface area contributed by atoms with Crippen LogP contribution in [0, 0.1) is 0 Å². The SMILES string of the molecule is O=C(Cn1cnc2ccccc2c1=O)N1CCC[C@@H]1Cn1cccn1. The van der Waals surface area contributed by atoms with Crippen LogP contribution in [0.1, 0.15) is 12.8 Å². The van der Waals surface area contributed by atoms with Crippen molar-refractivity contribution in [1.82, 2.24) is 24.2 Å². The molecule has 3 heterocycles. The number of hydrogen-bond donors (Lipinski definition) is 0. The van der Waals surface area contributed by atoms with Crippen LogP contribution in [0.3, 0.4) is 0 Å². The molecule has 0 N–H and O–H groups in total. The molecule has 3 aromatic rings. The third-order valence-electron chi connectivity index (χ3n) is 4.69. The number of carbonyl (C=O) groups is 1. The summed E-state index contributed by atoms with van der Waals surface area (Å²) < 4.78 is 3.24. The van der Waals surface area contributed by atoms with Crippen LogP contribution in [-0.4, -0.2) is 42.7 Å². The minimum absolute atomic E-state index is 0.0201. The van der Waals surface area contributed by atoms with Crippen LogP contribution in [0.25, 0.3) is 10.9 Å². The molecule has 1 fully saturated rings. The van der Waals surface area contributed by atoms with Crippen LogP contribution in [0.15, 0.2) is 53.8 Å². The van der Waals surface area contributed by atoms with Crippen molar-refractivity contribution < 1.29 is 4.79 Å². The van der Waals surface area contributed by atoms with Gasteiger partial charge in [0.15, 0.2) is 0 Å². The van der Waals surface area contributed by atoms with Crippen LogP contribution in [0.5, 0.6) is 0 Å². The second-order valence-corrected chi connectivity index (χ2v) is 6.31. The molecule has 128 valence electrons. The first-order valence-corrected chi connectivity index (χ1v) is 8.43. The number of rotatable bonds is 4. The summed E-state index contributed by atoms with van der Waals surface area (Å²) >= 11 is 0.